The van der Waals surface area contributed by atoms with Crippen molar-refractivity contribution < 1.29 is 23.5 Å². The molecule has 36 heavy (non-hydrogen) atoms. The van der Waals surface area contributed by atoms with Gasteiger partial charge in [0.25, 0.3) is 0 Å². The Morgan fingerprint density at radius 2 is 2.11 bits per heavy atom. The van der Waals surface area contributed by atoms with E-state index in [4.69, 9.17) is 16.3 Å². The van der Waals surface area contributed by atoms with Crippen LogP contribution in [0.3, 0.4) is 0 Å². The second kappa shape index (κ2) is 14.0. The molecular weight excluding hydrogens is 487 g/mol. The Balaban J connectivity index is 1.68. The van der Waals surface area contributed by atoms with Crippen LogP contribution in [0, 0.1) is 23.6 Å². The van der Waals surface area contributed by atoms with Gasteiger partial charge in [0.15, 0.2) is 0 Å². The van der Waals surface area contributed by atoms with Crippen LogP contribution in [0.1, 0.15) is 51.2 Å². The molecule has 0 radical (unpaired) electrons. The molecule has 4 atom stereocenters. The highest BCUT2D eigenvalue weighted by Gasteiger charge is 2.34. The van der Waals surface area contributed by atoms with Crippen molar-refractivity contribution in [3.8, 4) is 0 Å². The predicted molar refractivity (Wildman–Crippen MR) is 138 cm³/mol. The zero-order valence-electron chi connectivity index (χ0n) is 21.5. The number of methoxy groups -OCH3 is 1. The smallest absolute Gasteiger partial charge is 0.406 e. The average Bonchev–Trinajstić information content (AvgIpc) is 2.87. The quantitative estimate of drug-likeness (QED) is 0.416. The van der Waals surface area contributed by atoms with E-state index in [-0.39, 0.29) is 36.2 Å². The molecule has 3 amide bonds. The Morgan fingerprint density at radius 3 is 2.86 bits per heavy atom. The lowest BCUT2D eigenvalue weighted by Crippen LogP contribution is -2.56. The van der Waals surface area contributed by atoms with Gasteiger partial charge in [0.05, 0.1) is 24.8 Å². The number of likely N-dealkylation sites (tertiary alicyclic amines) is 1. The van der Waals surface area contributed by atoms with Crippen LogP contribution >= 0.6 is 11.6 Å². The van der Waals surface area contributed by atoms with E-state index in [0.29, 0.717) is 30.5 Å². The van der Waals surface area contributed by atoms with Crippen LogP contribution in [0.25, 0.3) is 0 Å². The van der Waals surface area contributed by atoms with Gasteiger partial charge in [-0.25, -0.2) is 14.0 Å². The minimum atomic E-state index is -0.608. The lowest BCUT2D eigenvalue weighted by Gasteiger charge is -2.39. The first-order valence-electron chi connectivity index (χ1n) is 12.9. The molecule has 3 N–H and O–H groups in total. The van der Waals surface area contributed by atoms with Crippen LogP contribution in [0.4, 0.5) is 14.0 Å². The summed E-state index contributed by atoms with van der Waals surface area (Å²) in [7, 11) is 1.29. The number of amides is 3. The fourth-order valence-corrected chi connectivity index (χ4v) is 5.47. The second-order valence-electron chi connectivity index (χ2n) is 10.1. The average molecular weight is 527 g/mol. The number of hydrogen-bond donors (Lipinski definition) is 3. The second-order valence-corrected chi connectivity index (χ2v) is 10.5. The molecule has 2 aliphatic rings. The van der Waals surface area contributed by atoms with Gasteiger partial charge in [0.2, 0.25) is 0 Å². The molecule has 2 aliphatic heterocycles. The van der Waals surface area contributed by atoms with Gasteiger partial charge in [-0.15, -0.1) is 0 Å². The third kappa shape index (κ3) is 7.95. The van der Waals surface area contributed by atoms with Crippen molar-refractivity contribution in [3.05, 3.63) is 34.6 Å². The Kier molecular flexibility index (Phi) is 11.1. The number of urea groups is 1. The highest BCUT2D eigenvalue weighted by atomic mass is 35.5. The first kappa shape index (κ1) is 28.5. The maximum absolute atomic E-state index is 15.0. The van der Waals surface area contributed by atoms with E-state index in [2.05, 4.69) is 34.5 Å². The molecular formula is C26H40ClFN4O4. The van der Waals surface area contributed by atoms with E-state index in [9.17, 15) is 9.59 Å². The van der Waals surface area contributed by atoms with Crippen molar-refractivity contribution in [2.45, 2.75) is 51.7 Å². The summed E-state index contributed by atoms with van der Waals surface area (Å²) >= 11 is 6.07. The van der Waals surface area contributed by atoms with Crippen LogP contribution < -0.4 is 16.0 Å². The molecule has 202 valence electrons. The predicted octanol–water partition coefficient (Wildman–Crippen LogP) is 4.34. The molecule has 2 fully saturated rings. The van der Waals surface area contributed by atoms with Crippen molar-refractivity contribution in [1.82, 2.24) is 20.9 Å². The van der Waals surface area contributed by atoms with Crippen LogP contribution in [-0.2, 0) is 9.47 Å². The Bertz CT molecular complexity index is 874. The summed E-state index contributed by atoms with van der Waals surface area (Å²) in [6.45, 7) is 7.65. The fourth-order valence-electron chi connectivity index (χ4n) is 5.29. The highest BCUT2D eigenvalue weighted by Crippen LogP contribution is 2.36. The van der Waals surface area contributed by atoms with Gasteiger partial charge in [-0.2, -0.15) is 0 Å². The molecule has 2 heterocycles. The number of halogens is 2. The number of carbonyl (C=O) groups excluding carboxylic acids is 2. The molecule has 8 nitrogen and oxygen atoms in total. The molecule has 3 rings (SSSR count). The van der Waals surface area contributed by atoms with Crippen molar-refractivity contribution >= 4 is 23.7 Å². The molecule has 0 aliphatic carbocycles. The molecule has 1 unspecified atom stereocenters. The molecule has 0 aromatic heterocycles. The zero-order valence-corrected chi connectivity index (χ0v) is 22.3. The van der Waals surface area contributed by atoms with E-state index in [0.717, 1.165) is 38.8 Å². The van der Waals surface area contributed by atoms with Crippen LogP contribution in [-0.4, -0.2) is 69.5 Å². The number of rotatable bonds is 9. The number of nitrogens with zero attached hydrogens (tertiary/aromatic N) is 1. The van der Waals surface area contributed by atoms with Crippen LogP contribution in [0.15, 0.2) is 18.2 Å². The molecule has 0 saturated carbocycles. The van der Waals surface area contributed by atoms with E-state index < -0.39 is 18.0 Å². The maximum Gasteiger partial charge on any atom is 0.406 e. The van der Waals surface area contributed by atoms with Crippen molar-refractivity contribution in [2.24, 2.45) is 17.8 Å². The van der Waals surface area contributed by atoms with Gasteiger partial charge in [-0.1, -0.05) is 37.6 Å². The third-order valence-electron chi connectivity index (χ3n) is 7.02. The van der Waals surface area contributed by atoms with Crippen molar-refractivity contribution in [1.29, 1.82) is 0 Å². The molecule has 2 saturated heterocycles. The van der Waals surface area contributed by atoms with Crippen molar-refractivity contribution in [2.75, 3.05) is 46.4 Å². The van der Waals surface area contributed by atoms with Gasteiger partial charge >= 0.3 is 12.1 Å². The Labute approximate surface area is 218 Å². The van der Waals surface area contributed by atoms with Crippen LogP contribution in [0.5, 0.6) is 0 Å². The Hall–Kier alpha value is -2.10. The molecule has 1 aromatic carbocycles. The minimum Gasteiger partial charge on any atom is -0.453 e. The molecule has 10 heteroatoms. The largest absolute Gasteiger partial charge is 0.453 e. The summed E-state index contributed by atoms with van der Waals surface area (Å²) < 4.78 is 25.7. The number of benzene rings is 1. The van der Waals surface area contributed by atoms with Crippen LogP contribution in [0.2, 0.25) is 5.02 Å². The van der Waals surface area contributed by atoms with E-state index in [1.807, 2.05) is 4.90 Å². The zero-order chi connectivity index (χ0) is 26.1. The van der Waals surface area contributed by atoms with Crippen molar-refractivity contribution in [3.63, 3.8) is 0 Å². The first-order valence-corrected chi connectivity index (χ1v) is 13.3. The number of alkyl carbamates (subject to hydrolysis) is 1. The number of nitrogens with one attached hydrogen (secondary N) is 3. The van der Waals surface area contributed by atoms with Gasteiger partial charge in [0.1, 0.15) is 5.82 Å². The summed E-state index contributed by atoms with van der Waals surface area (Å²) in [5, 5.41) is 9.26. The summed E-state index contributed by atoms with van der Waals surface area (Å²) in [6.07, 6.45) is 2.54. The molecule has 0 bridgehead atoms. The summed E-state index contributed by atoms with van der Waals surface area (Å²) in [5.41, 5.74) is 0.362. The van der Waals surface area contributed by atoms with Gasteiger partial charge < -0.3 is 30.3 Å². The SMILES string of the molecule is COC(=O)NCCO[C@@H](c1cccc(Cl)c1F)C1CCCN(C(=O)N[C@@H]2CNCC[C@H]2CC(C)C)C1. The number of carbonyl (C=O) groups is 2. The minimum absolute atomic E-state index is 0.0280. The lowest BCUT2D eigenvalue weighted by atomic mass is 9.85. The van der Waals surface area contributed by atoms with E-state index in [1.54, 1.807) is 12.1 Å². The van der Waals surface area contributed by atoms with Gasteiger partial charge in [-0.05, 0) is 50.1 Å². The Morgan fingerprint density at radius 1 is 1.31 bits per heavy atom. The summed E-state index contributed by atoms with van der Waals surface area (Å²) in [5.74, 6) is 0.392. The standard InChI is InChI=1S/C26H40ClFN4O4/c1-17(2)14-18-9-10-29-15-22(18)31-25(33)32-12-5-6-19(16-32)24(36-13-11-30-26(34)35-3)20-7-4-8-21(27)23(20)28/h4,7-8,17-19,22,24,29H,5-6,9-16H2,1-3H3,(H,30,34)(H,31,33)/t18-,19?,22+,24+/m0/s1. The normalized spacial score (nSPS) is 23.3. The monoisotopic (exact) mass is 526 g/mol. The summed E-state index contributed by atoms with van der Waals surface area (Å²) in [6, 6.07) is 4.88. The maximum atomic E-state index is 15.0. The lowest BCUT2D eigenvalue weighted by molar-refractivity contribution is -0.0107. The topological polar surface area (TPSA) is 91.9 Å². The van der Waals surface area contributed by atoms with E-state index >= 15 is 4.39 Å². The molecule has 0 spiro atoms. The number of piperidine rings is 2. The fraction of sp³-hybridized carbons (Fsp3) is 0.692. The first-order chi connectivity index (χ1) is 17.3. The van der Waals surface area contributed by atoms with Gasteiger partial charge in [0, 0.05) is 43.7 Å². The number of ether oxygens (including phenoxy) is 2. The van der Waals surface area contributed by atoms with Gasteiger partial charge in [-0.3, -0.25) is 0 Å². The highest BCUT2D eigenvalue weighted by molar-refractivity contribution is 6.30. The van der Waals surface area contributed by atoms with E-state index in [1.165, 1.54) is 13.2 Å². The third-order valence-corrected chi connectivity index (χ3v) is 7.32. The molecule has 1 aromatic rings. The summed E-state index contributed by atoms with van der Waals surface area (Å²) in [4.78, 5) is 26.5. The number of hydrogen-bond acceptors (Lipinski definition) is 5.